The van der Waals surface area contributed by atoms with Crippen LogP contribution in [0.2, 0.25) is 10.0 Å². The third-order valence-corrected chi connectivity index (χ3v) is 2.97. The summed E-state index contributed by atoms with van der Waals surface area (Å²) in [6, 6.07) is 2.10. The van der Waals surface area contributed by atoms with E-state index in [9.17, 15) is 20.0 Å². The van der Waals surface area contributed by atoms with Crippen LogP contribution in [0, 0.1) is 10.1 Å². The Bertz CT molecular complexity index is 558. The number of aliphatic hydroxyl groups excluding tert-OH is 1. The van der Waals surface area contributed by atoms with Gasteiger partial charge in [-0.15, -0.1) is 0 Å². The highest BCUT2D eigenvalue weighted by atomic mass is 35.5. The van der Waals surface area contributed by atoms with E-state index < -0.39 is 22.7 Å². The number of esters is 1. The lowest BCUT2D eigenvalue weighted by molar-refractivity contribution is -0.384. The van der Waals surface area contributed by atoms with Gasteiger partial charge in [-0.3, -0.25) is 10.1 Å². The van der Waals surface area contributed by atoms with E-state index in [1.165, 1.54) is 0 Å². The lowest BCUT2D eigenvalue weighted by Gasteiger charge is -2.14. The molecule has 1 atom stereocenters. The highest BCUT2D eigenvalue weighted by Crippen LogP contribution is 2.35. The summed E-state index contributed by atoms with van der Waals surface area (Å²) in [5.41, 5.74) is -0.771. The number of benzene rings is 1. The Balaban J connectivity index is 3.27. The molecule has 0 aliphatic carbocycles. The summed E-state index contributed by atoms with van der Waals surface area (Å²) in [5, 5.41) is 20.5. The minimum absolute atomic E-state index is 0.0202. The number of ether oxygens (including phenoxy) is 1. The molecule has 19 heavy (non-hydrogen) atoms. The molecule has 1 rings (SSSR count). The first kappa shape index (κ1) is 15.4. The summed E-state index contributed by atoms with van der Waals surface area (Å²) in [6.07, 6.45) is -1.52. The number of rotatable bonds is 4. The second kappa shape index (κ2) is 6.01. The van der Waals surface area contributed by atoms with E-state index in [-0.39, 0.29) is 21.2 Å². The number of carbonyl (C=O) groups excluding carboxylic acids is 1. The van der Waals surface area contributed by atoms with Crippen molar-refractivity contribution >= 4 is 34.9 Å². The summed E-state index contributed by atoms with van der Waals surface area (Å²) in [5.74, 6) is -0.846. The highest BCUT2D eigenvalue weighted by Gasteiger charge is 2.25. The fourth-order valence-corrected chi connectivity index (χ4v) is 1.89. The van der Waals surface area contributed by atoms with Crippen LogP contribution < -0.4 is 0 Å². The van der Waals surface area contributed by atoms with Crippen molar-refractivity contribution < 1.29 is 19.6 Å². The molecule has 0 bridgehead atoms. The van der Waals surface area contributed by atoms with Crippen LogP contribution in [0.25, 0.3) is 0 Å². The van der Waals surface area contributed by atoms with E-state index in [2.05, 4.69) is 11.3 Å². The topological polar surface area (TPSA) is 89.7 Å². The Hall–Kier alpha value is -1.63. The first-order valence-corrected chi connectivity index (χ1v) is 5.63. The van der Waals surface area contributed by atoms with E-state index in [1.54, 1.807) is 0 Å². The molecule has 8 heteroatoms. The second-order valence-electron chi connectivity index (χ2n) is 3.50. The van der Waals surface area contributed by atoms with Gasteiger partial charge in [-0.1, -0.05) is 29.8 Å². The second-order valence-corrected chi connectivity index (χ2v) is 4.32. The van der Waals surface area contributed by atoms with Crippen LogP contribution in [0.4, 0.5) is 5.69 Å². The number of nitro groups is 1. The Morgan fingerprint density at radius 2 is 2.05 bits per heavy atom. The zero-order valence-corrected chi connectivity index (χ0v) is 11.2. The number of carbonyl (C=O) groups is 1. The predicted molar refractivity (Wildman–Crippen MR) is 69.2 cm³/mol. The molecule has 0 spiro atoms. The van der Waals surface area contributed by atoms with Gasteiger partial charge >= 0.3 is 5.97 Å². The molecule has 0 aliphatic heterocycles. The van der Waals surface area contributed by atoms with Crippen LogP contribution in [0.3, 0.4) is 0 Å². The molecule has 6 nitrogen and oxygen atoms in total. The summed E-state index contributed by atoms with van der Waals surface area (Å²) < 4.78 is 4.39. The van der Waals surface area contributed by atoms with Gasteiger partial charge in [-0.05, 0) is 6.07 Å². The van der Waals surface area contributed by atoms with E-state index in [0.717, 1.165) is 19.2 Å². The van der Waals surface area contributed by atoms with Crippen molar-refractivity contribution in [3.63, 3.8) is 0 Å². The molecule has 0 saturated heterocycles. The summed E-state index contributed by atoms with van der Waals surface area (Å²) in [6.45, 7) is 3.35. The summed E-state index contributed by atoms with van der Waals surface area (Å²) in [4.78, 5) is 21.3. The SMILES string of the molecule is C=C(C(=O)OC)C(O)c1cc([N+](=O)[O-])c(Cl)cc1Cl. The maximum Gasteiger partial charge on any atom is 0.336 e. The molecule has 102 valence electrons. The van der Waals surface area contributed by atoms with Gasteiger partial charge in [0.15, 0.2) is 0 Å². The molecule has 0 radical (unpaired) electrons. The standard InChI is InChI=1S/C11H9Cl2NO5/c1-5(11(16)19-2)10(15)6-3-9(14(17)18)8(13)4-7(6)12/h3-4,10,15H,1H2,2H3. The average molecular weight is 306 g/mol. The molecule has 0 aromatic heterocycles. The van der Waals surface area contributed by atoms with Crippen LogP contribution in [0.5, 0.6) is 0 Å². The lowest BCUT2D eigenvalue weighted by atomic mass is 10.0. The maximum absolute atomic E-state index is 11.2. The zero-order chi connectivity index (χ0) is 14.7. The van der Waals surface area contributed by atoms with Gasteiger partial charge in [0, 0.05) is 16.7 Å². The molecule has 1 unspecified atom stereocenters. The quantitative estimate of drug-likeness (QED) is 0.400. The minimum Gasteiger partial charge on any atom is -0.466 e. The van der Waals surface area contributed by atoms with Crippen molar-refractivity contribution in [1.82, 2.24) is 0 Å². The van der Waals surface area contributed by atoms with Crippen molar-refractivity contribution in [2.45, 2.75) is 6.10 Å². The van der Waals surface area contributed by atoms with Crippen LogP contribution in [-0.4, -0.2) is 23.1 Å². The predicted octanol–water partition coefficient (Wildman–Crippen LogP) is 2.66. The van der Waals surface area contributed by atoms with Gasteiger partial charge in [0.05, 0.1) is 17.6 Å². The lowest BCUT2D eigenvalue weighted by Crippen LogP contribution is -2.12. The molecular formula is C11H9Cl2NO5. The van der Waals surface area contributed by atoms with Crippen molar-refractivity contribution in [2.24, 2.45) is 0 Å². The van der Waals surface area contributed by atoms with Crippen LogP contribution in [-0.2, 0) is 9.53 Å². The van der Waals surface area contributed by atoms with Gasteiger partial charge < -0.3 is 9.84 Å². The molecule has 0 fully saturated rings. The Morgan fingerprint density at radius 3 is 2.53 bits per heavy atom. The average Bonchev–Trinajstić information content (AvgIpc) is 2.35. The van der Waals surface area contributed by atoms with Gasteiger partial charge in [-0.25, -0.2) is 4.79 Å². The molecule has 0 saturated carbocycles. The van der Waals surface area contributed by atoms with E-state index in [1.807, 2.05) is 0 Å². The third-order valence-electron chi connectivity index (χ3n) is 2.34. The fourth-order valence-electron chi connectivity index (χ4n) is 1.33. The number of nitrogens with zero attached hydrogens (tertiary/aromatic N) is 1. The zero-order valence-electron chi connectivity index (χ0n) is 9.72. The van der Waals surface area contributed by atoms with Crippen molar-refractivity contribution in [3.8, 4) is 0 Å². The summed E-state index contributed by atoms with van der Waals surface area (Å²) in [7, 11) is 1.12. The molecule has 1 aromatic rings. The highest BCUT2D eigenvalue weighted by molar-refractivity contribution is 6.36. The molecule has 1 N–H and O–H groups in total. The Kier molecular flexibility index (Phi) is 4.88. The van der Waals surface area contributed by atoms with Crippen LogP contribution >= 0.6 is 23.2 Å². The number of hydrogen-bond acceptors (Lipinski definition) is 5. The van der Waals surface area contributed by atoms with E-state index >= 15 is 0 Å². The minimum atomic E-state index is -1.52. The maximum atomic E-state index is 11.2. The number of hydrogen-bond donors (Lipinski definition) is 1. The first-order valence-electron chi connectivity index (χ1n) is 4.88. The third kappa shape index (κ3) is 3.23. The number of nitro benzene ring substituents is 1. The van der Waals surface area contributed by atoms with Crippen molar-refractivity contribution in [1.29, 1.82) is 0 Å². The number of aliphatic hydroxyl groups is 1. The Labute approximate surface area is 118 Å². The van der Waals surface area contributed by atoms with E-state index in [0.29, 0.717) is 0 Å². The van der Waals surface area contributed by atoms with E-state index in [4.69, 9.17) is 23.2 Å². The Morgan fingerprint density at radius 1 is 1.47 bits per heavy atom. The van der Waals surface area contributed by atoms with Gasteiger partial charge in [-0.2, -0.15) is 0 Å². The molecular weight excluding hydrogens is 297 g/mol. The molecule has 0 heterocycles. The van der Waals surface area contributed by atoms with Gasteiger partial charge in [0.2, 0.25) is 0 Å². The normalized spacial score (nSPS) is 11.8. The largest absolute Gasteiger partial charge is 0.466 e. The van der Waals surface area contributed by atoms with Gasteiger partial charge in [0.1, 0.15) is 11.1 Å². The molecule has 1 aromatic carbocycles. The van der Waals surface area contributed by atoms with Crippen molar-refractivity contribution in [2.75, 3.05) is 7.11 Å². The smallest absolute Gasteiger partial charge is 0.336 e. The van der Waals surface area contributed by atoms with Gasteiger partial charge in [0.25, 0.3) is 5.69 Å². The monoisotopic (exact) mass is 305 g/mol. The van der Waals surface area contributed by atoms with Crippen LogP contribution in [0.1, 0.15) is 11.7 Å². The molecule has 0 amide bonds. The van der Waals surface area contributed by atoms with Crippen LogP contribution in [0.15, 0.2) is 24.3 Å². The fraction of sp³-hybridized carbons (Fsp3) is 0.182. The molecule has 0 aliphatic rings. The number of halogens is 2. The summed E-state index contributed by atoms with van der Waals surface area (Å²) >= 11 is 11.5. The van der Waals surface area contributed by atoms with Crippen molar-refractivity contribution in [3.05, 3.63) is 50.0 Å². The number of methoxy groups -OCH3 is 1. The first-order chi connectivity index (χ1) is 8.79.